The number of hydrogen-bond donors (Lipinski definition) is 1. The zero-order valence-electron chi connectivity index (χ0n) is 13.9. The van der Waals surface area contributed by atoms with Gasteiger partial charge >= 0.3 is 11.8 Å². The van der Waals surface area contributed by atoms with Crippen LogP contribution in [0.15, 0.2) is 21.3 Å². The fraction of sp³-hybridized carbons (Fsp3) is 0.500. The zero-order valence-corrected chi connectivity index (χ0v) is 13.9. The molecule has 4 nitrogen and oxygen atoms in total. The lowest BCUT2D eigenvalue weighted by Crippen LogP contribution is -2.34. The second-order valence-electron chi connectivity index (χ2n) is 6.23. The maximum atomic E-state index is 13.3. The molecule has 0 radical (unpaired) electrons. The Morgan fingerprint density at radius 2 is 1.84 bits per heavy atom. The molecule has 0 saturated heterocycles. The number of fused-ring (bicyclic) bond motifs is 2. The van der Waals surface area contributed by atoms with E-state index in [4.69, 9.17) is 9.52 Å². The second kappa shape index (κ2) is 6.71. The normalized spacial score (nSPS) is 16.3. The molecule has 2 aliphatic heterocycles. The summed E-state index contributed by atoms with van der Waals surface area (Å²) in [4.78, 5) is 13.8. The number of aliphatic hydroxyl groups excluding tert-OH is 1. The van der Waals surface area contributed by atoms with Crippen molar-refractivity contribution >= 4 is 16.7 Å². The molecule has 25 heavy (non-hydrogen) atoms. The van der Waals surface area contributed by atoms with E-state index in [2.05, 4.69) is 4.90 Å². The number of halogens is 3. The summed E-state index contributed by atoms with van der Waals surface area (Å²) in [5.74, 6) is 0. The van der Waals surface area contributed by atoms with E-state index in [1.165, 1.54) is 0 Å². The molecular weight excluding hydrogens is 335 g/mol. The summed E-state index contributed by atoms with van der Waals surface area (Å²) in [6.07, 6.45) is -1.33. The Morgan fingerprint density at radius 3 is 2.48 bits per heavy atom. The summed E-state index contributed by atoms with van der Waals surface area (Å²) in [6, 6.07) is 2.13. The van der Waals surface area contributed by atoms with Crippen LogP contribution in [0, 0.1) is 0 Å². The highest BCUT2D eigenvalue weighted by atomic mass is 19.4. The van der Waals surface area contributed by atoms with Crippen molar-refractivity contribution in [2.45, 2.75) is 38.8 Å². The quantitative estimate of drug-likeness (QED) is 0.735. The van der Waals surface area contributed by atoms with Crippen molar-refractivity contribution in [2.75, 3.05) is 24.6 Å². The first-order valence-electron chi connectivity index (χ1n) is 8.42. The summed E-state index contributed by atoms with van der Waals surface area (Å²) < 4.78 is 45.0. The number of anilines is 1. The molecule has 2 aliphatic rings. The fourth-order valence-corrected chi connectivity index (χ4v) is 3.71. The van der Waals surface area contributed by atoms with Gasteiger partial charge in [0.1, 0.15) is 5.58 Å². The Kier molecular flexibility index (Phi) is 4.77. The molecule has 1 aromatic carbocycles. The fourth-order valence-electron chi connectivity index (χ4n) is 3.71. The number of aryl methyl sites for hydroxylation is 2. The van der Waals surface area contributed by atoms with E-state index in [1.807, 2.05) is 0 Å². The number of rotatable bonds is 0. The van der Waals surface area contributed by atoms with Crippen LogP contribution in [0.3, 0.4) is 0 Å². The maximum absolute atomic E-state index is 13.3. The van der Waals surface area contributed by atoms with Gasteiger partial charge in [0.2, 0.25) is 0 Å². The summed E-state index contributed by atoms with van der Waals surface area (Å²) in [7, 11) is 0. The van der Waals surface area contributed by atoms with Gasteiger partial charge in [0, 0.05) is 42.4 Å². The molecule has 0 amide bonds. The first-order valence-corrected chi connectivity index (χ1v) is 8.42. The van der Waals surface area contributed by atoms with Crippen molar-refractivity contribution in [3.8, 4) is 0 Å². The van der Waals surface area contributed by atoms with Crippen LogP contribution in [0.1, 0.15) is 36.5 Å². The molecule has 1 N–H and O–H groups in total. The minimum atomic E-state index is -4.56. The van der Waals surface area contributed by atoms with Gasteiger partial charge in [0.15, 0.2) is 0 Å². The molecule has 0 bridgehead atoms. The molecule has 0 aliphatic carbocycles. The van der Waals surface area contributed by atoms with Gasteiger partial charge < -0.3 is 14.4 Å². The molecule has 3 heterocycles. The SMILES string of the molecule is CCO.O=c1cc(C(F)(F)F)c2cc3c4c(c2o1)CCCN4CCC3. The molecule has 1 aromatic heterocycles. The van der Waals surface area contributed by atoms with E-state index in [1.54, 1.807) is 13.0 Å². The average Bonchev–Trinajstić information content (AvgIpc) is 2.55. The zero-order chi connectivity index (χ0) is 18.2. The monoisotopic (exact) mass is 355 g/mol. The molecule has 136 valence electrons. The number of benzene rings is 1. The van der Waals surface area contributed by atoms with Crippen LogP contribution >= 0.6 is 0 Å². The first-order chi connectivity index (χ1) is 11.9. The molecular formula is C18H20F3NO3. The molecule has 7 heteroatoms. The van der Waals surface area contributed by atoms with Gasteiger partial charge in [-0.05, 0) is 44.2 Å². The summed E-state index contributed by atoms with van der Waals surface area (Å²) >= 11 is 0. The molecule has 4 rings (SSSR count). The summed E-state index contributed by atoms with van der Waals surface area (Å²) in [5.41, 5.74) is 0.983. The van der Waals surface area contributed by atoms with Crippen molar-refractivity contribution in [1.29, 1.82) is 0 Å². The molecule has 0 atom stereocenters. The smallest absolute Gasteiger partial charge is 0.417 e. The summed E-state index contributed by atoms with van der Waals surface area (Å²) in [6.45, 7) is 3.75. The Labute approximate surface area is 142 Å². The highest BCUT2D eigenvalue weighted by Gasteiger charge is 2.36. The van der Waals surface area contributed by atoms with Crippen LogP contribution in [0.2, 0.25) is 0 Å². The van der Waals surface area contributed by atoms with E-state index in [0.717, 1.165) is 49.2 Å². The highest BCUT2D eigenvalue weighted by molar-refractivity contribution is 5.90. The standard InChI is InChI=1S/C16H14F3NO2.C2H6O/c17-16(18,19)12-8-13(21)22-15-10-4-2-6-20-5-1-3-9(14(10)20)7-11(12)15;1-2-3/h7-8H,1-6H2;3H,2H2,1H3. The average molecular weight is 355 g/mol. The van der Waals surface area contributed by atoms with Gasteiger partial charge in [-0.15, -0.1) is 0 Å². The number of aliphatic hydroxyl groups is 1. The van der Waals surface area contributed by atoms with Gasteiger partial charge in [-0.2, -0.15) is 13.2 Å². The topological polar surface area (TPSA) is 53.7 Å². The van der Waals surface area contributed by atoms with Gasteiger partial charge in [-0.25, -0.2) is 4.79 Å². The third kappa shape index (κ3) is 3.25. The number of hydrogen-bond acceptors (Lipinski definition) is 4. The van der Waals surface area contributed by atoms with Crippen molar-refractivity contribution < 1.29 is 22.7 Å². The van der Waals surface area contributed by atoms with E-state index in [-0.39, 0.29) is 17.6 Å². The molecule has 0 saturated carbocycles. The van der Waals surface area contributed by atoms with E-state index in [9.17, 15) is 18.0 Å². The Hall–Kier alpha value is -2.02. The highest BCUT2D eigenvalue weighted by Crippen LogP contribution is 2.42. The van der Waals surface area contributed by atoms with Crippen molar-refractivity contribution in [2.24, 2.45) is 0 Å². The number of nitrogens with zero attached hydrogens (tertiary/aromatic N) is 1. The first kappa shape index (κ1) is 17.8. The largest absolute Gasteiger partial charge is 0.422 e. The summed E-state index contributed by atoms with van der Waals surface area (Å²) in [5, 5.41) is 7.59. The van der Waals surface area contributed by atoms with Crippen LogP contribution < -0.4 is 10.5 Å². The van der Waals surface area contributed by atoms with Gasteiger partial charge in [-0.3, -0.25) is 0 Å². The van der Waals surface area contributed by atoms with Crippen LogP contribution in [0.5, 0.6) is 0 Å². The lowest BCUT2D eigenvalue weighted by Gasteiger charge is -2.37. The van der Waals surface area contributed by atoms with E-state index >= 15 is 0 Å². The maximum Gasteiger partial charge on any atom is 0.417 e. The minimum Gasteiger partial charge on any atom is -0.422 e. The Morgan fingerprint density at radius 1 is 1.20 bits per heavy atom. The minimum absolute atomic E-state index is 0.0181. The molecule has 0 unspecified atom stereocenters. The molecule has 0 fully saturated rings. The molecule has 0 spiro atoms. The van der Waals surface area contributed by atoms with Gasteiger partial charge in [0.05, 0.1) is 5.56 Å². The van der Waals surface area contributed by atoms with E-state index < -0.39 is 17.4 Å². The van der Waals surface area contributed by atoms with Crippen molar-refractivity contribution in [3.05, 3.63) is 39.2 Å². The Balaban J connectivity index is 0.000000569. The van der Waals surface area contributed by atoms with Crippen LogP contribution in [0.4, 0.5) is 18.9 Å². The third-order valence-corrected chi connectivity index (χ3v) is 4.53. The van der Waals surface area contributed by atoms with Crippen LogP contribution in [0.25, 0.3) is 11.0 Å². The lowest BCUT2D eigenvalue weighted by molar-refractivity contribution is -0.136. The predicted octanol–water partition coefficient (Wildman–Crippen LogP) is 3.51. The third-order valence-electron chi connectivity index (χ3n) is 4.53. The molecule has 2 aromatic rings. The van der Waals surface area contributed by atoms with Crippen LogP contribution in [-0.2, 0) is 19.0 Å². The Bertz CT molecular complexity index is 840. The van der Waals surface area contributed by atoms with Crippen molar-refractivity contribution in [3.63, 3.8) is 0 Å². The van der Waals surface area contributed by atoms with Gasteiger partial charge in [0.25, 0.3) is 0 Å². The lowest BCUT2D eigenvalue weighted by atomic mass is 9.89. The predicted molar refractivity (Wildman–Crippen MR) is 89.1 cm³/mol. The van der Waals surface area contributed by atoms with Gasteiger partial charge in [-0.1, -0.05) is 0 Å². The van der Waals surface area contributed by atoms with Crippen molar-refractivity contribution in [1.82, 2.24) is 0 Å². The van der Waals surface area contributed by atoms with Crippen LogP contribution in [-0.4, -0.2) is 24.8 Å². The second-order valence-corrected chi connectivity index (χ2v) is 6.23. The number of alkyl halides is 3. The van der Waals surface area contributed by atoms with E-state index in [0.29, 0.717) is 12.5 Å².